The lowest BCUT2D eigenvalue weighted by Gasteiger charge is -1.98. The van der Waals surface area contributed by atoms with Gasteiger partial charge in [-0.3, -0.25) is 4.99 Å². The third kappa shape index (κ3) is 1.85. The molecule has 1 rings (SSSR count). The van der Waals surface area contributed by atoms with E-state index in [0.29, 0.717) is 5.84 Å². The number of halogens is 1. The number of rotatable bonds is 1. The Hall–Kier alpha value is -0.390. The number of nitrogens with one attached hydrogen (secondary N) is 1. The molecule has 0 aliphatic carbocycles. The highest BCUT2D eigenvalue weighted by Gasteiger charge is 2.06. The fraction of sp³-hybridized carbons (Fsp3) is 0.286. The normalized spacial score (nSPS) is 11.8. The van der Waals surface area contributed by atoms with Crippen LogP contribution in [-0.4, -0.2) is 12.9 Å². The third-order valence-corrected chi connectivity index (χ3v) is 3.59. The molecule has 1 aromatic heterocycles. The molecular formula is C7H10BrN3S. The molecule has 0 unspecified atom stereocenters. The number of hydrogen-bond donors (Lipinski definition) is 2. The zero-order valence-electron chi connectivity index (χ0n) is 6.89. The van der Waals surface area contributed by atoms with Crippen LogP contribution in [0.15, 0.2) is 14.8 Å². The Morgan fingerprint density at radius 1 is 1.75 bits per heavy atom. The van der Waals surface area contributed by atoms with Crippen LogP contribution in [0.4, 0.5) is 0 Å². The number of nitrogens with two attached hydrogens (primary N) is 1. The molecule has 0 saturated carbocycles. The molecule has 5 heteroatoms. The lowest BCUT2D eigenvalue weighted by Crippen LogP contribution is -2.30. The Kier molecular flexibility index (Phi) is 3.25. The Morgan fingerprint density at radius 3 is 2.75 bits per heavy atom. The maximum absolute atomic E-state index is 5.29. The largest absolute Gasteiger partial charge is 0.308 e. The van der Waals surface area contributed by atoms with E-state index in [1.807, 2.05) is 13.0 Å². The van der Waals surface area contributed by atoms with E-state index in [-0.39, 0.29) is 0 Å². The van der Waals surface area contributed by atoms with Crippen molar-refractivity contribution in [3.8, 4) is 0 Å². The van der Waals surface area contributed by atoms with Gasteiger partial charge in [0, 0.05) is 7.05 Å². The number of hydrazine groups is 1. The van der Waals surface area contributed by atoms with Crippen LogP contribution in [0.1, 0.15) is 10.4 Å². The zero-order chi connectivity index (χ0) is 9.14. The molecule has 0 saturated heterocycles. The van der Waals surface area contributed by atoms with E-state index < -0.39 is 0 Å². The first-order valence-electron chi connectivity index (χ1n) is 3.38. The van der Waals surface area contributed by atoms with E-state index in [9.17, 15) is 0 Å². The van der Waals surface area contributed by atoms with Gasteiger partial charge >= 0.3 is 0 Å². The summed E-state index contributed by atoms with van der Waals surface area (Å²) in [5, 5.41) is 0. The summed E-state index contributed by atoms with van der Waals surface area (Å²) >= 11 is 5.05. The maximum atomic E-state index is 5.29. The zero-order valence-corrected chi connectivity index (χ0v) is 9.29. The van der Waals surface area contributed by atoms with Crippen LogP contribution in [-0.2, 0) is 0 Å². The summed E-state index contributed by atoms with van der Waals surface area (Å²) in [6.45, 7) is 2.04. The quantitative estimate of drug-likeness (QED) is 0.343. The second-order valence-electron chi connectivity index (χ2n) is 2.28. The van der Waals surface area contributed by atoms with Crippen molar-refractivity contribution in [3.05, 3.63) is 20.3 Å². The van der Waals surface area contributed by atoms with Gasteiger partial charge in [-0.1, -0.05) is 0 Å². The van der Waals surface area contributed by atoms with Gasteiger partial charge in [-0.25, -0.2) is 5.84 Å². The molecule has 0 radical (unpaired) electrons. The molecule has 0 amide bonds. The summed E-state index contributed by atoms with van der Waals surface area (Å²) in [6.07, 6.45) is 0. The predicted molar refractivity (Wildman–Crippen MR) is 56.5 cm³/mol. The summed E-state index contributed by atoms with van der Waals surface area (Å²) < 4.78 is 1.12. The van der Waals surface area contributed by atoms with Gasteiger partial charge in [0.15, 0.2) is 5.84 Å². The molecule has 0 spiro atoms. The first-order chi connectivity index (χ1) is 5.69. The molecule has 12 heavy (non-hydrogen) atoms. The fourth-order valence-corrected chi connectivity index (χ4v) is 2.36. The molecule has 0 bridgehead atoms. The summed E-state index contributed by atoms with van der Waals surface area (Å²) in [6, 6.07) is 2.04. The van der Waals surface area contributed by atoms with Crippen molar-refractivity contribution < 1.29 is 0 Å². The van der Waals surface area contributed by atoms with Crippen molar-refractivity contribution in [2.45, 2.75) is 6.92 Å². The van der Waals surface area contributed by atoms with Crippen molar-refractivity contribution in [3.63, 3.8) is 0 Å². The van der Waals surface area contributed by atoms with Crippen LogP contribution in [0, 0.1) is 6.92 Å². The highest BCUT2D eigenvalue weighted by molar-refractivity contribution is 9.11. The van der Waals surface area contributed by atoms with Crippen LogP contribution in [0.25, 0.3) is 0 Å². The second-order valence-corrected chi connectivity index (χ2v) is 4.65. The first kappa shape index (κ1) is 9.70. The van der Waals surface area contributed by atoms with Crippen molar-refractivity contribution in [2.75, 3.05) is 7.05 Å². The number of thiophene rings is 1. The number of aryl methyl sites for hydroxylation is 1. The molecule has 66 valence electrons. The van der Waals surface area contributed by atoms with Crippen molar-refractivity contribution >= 4 is 33.1 Å². The molecule has 3 nitrogen and oxygen atoms in total. The van der Waals surface area contributed by atoms with Crippen LogP contribution >= 0.6 is 27.3 Å². The lowest BCUT2D eigenvalue weighted by atomic mass is 10.3. The average Bonchev–Trinajstić information content (AvgIpc) is 2.35. The summed E-state index contributed by atoms with van der Waals surface area (Å²) in [7, 11) is 1.71. The van der Waals surface area contributed by atoms with Gasteiger partial charge in [-0.2, -0.15) is 0 Å². The van der Waals surface area contributed by atoms with Gasteiger partial charge in [0.05, 0.1) is 8.66 Å². The average molecular weight is 248 g/mol. The van der Waals surface area contributed by atoms with E-state index in [4.69, 9.17) is 5.84 Å². The van der Waals surface area contributed by atoms with E-state index in [1.165, 1.54) is 5.56 Å². The van der Waals surface area contributed by atoms with E-state index >= 15 is 0 Å². The smallest absolute Gasteiger partial charge is 0.152 e. The van der Waals surface area contributed by atoms with Gasteiger partial charge in [-0.05, 0) is 34.5 Å². The highest BCUT2D eigenvalue weighted by Crippen LogP contribution is 2.27. The summed E-state index contributed by atoms with van der Waals surface area (Å²) in [5.41, 5.74) is 3.75. The van der Waals surface area contributed by atoms with Crippen molar-refractivity contribution in [1.82, 2.24) is 5.43 Å². The molecule has 1 heterocycles. The molecule has 1 aromatic rings. The van der Waals surface area contributed by atoms with Crippen molar-refractivity contribution in [1.29, 1.82) is 0 Å². The summed E-state index contributed by atoms with van der Waals surface area (Å²) in [5.74, 6) is 6.00. The molecular weight excluding hydrogens is 238 g/mol. The number of amidine groups is 1. The summed E-state index contributed by atoms with van der Waals surface area (Å²) in [4.78, 5) is 5.05. The van der Waals surface area contributed by atoms with Crippen LogP contribution in [0.5, 0.6) is 0 Å². The van der Waals surface area contributed by atoms with Crippen LogP contribution in [0.3, 0.4) is 0 Å². The molecule has 3 N–H and O–H groups in total. The topological polar surface area (TPSA) is 50.4 Å². The van der Waals surface area contributed by atoms with Gasteiger partial charge in [0.25, 0.3) is 0 Å². The fourth-order valence-electron chi connectivity index (χ4n) is 0.822. The maximum Gasteiger partial charge on any atom is 0.152 e. The monoisotopic (exact) mass is 247 g/mol. The molecule has 0 aliphatic heterocycles. The standard InChI is InChI=1S/C7H10BrN3S/c1-4-3-5(12-6(4)8)7(10-2)11-9/h3H,9H2,1-2H3,(H,10,11). The minimum Gasteiger partial charge on any atom is -0.308 e. The minimum atomic E-state index is 0.716. The Bertz CT molecular complexity index is 286. The molecule has 0 fully saturated rings. The van der Waals surface area contributed by atoms with Gasteiger partial charge < -0.3 is 5.43 Å². The first-order valence-corrected chi connectivity index (χ1v) is 4.99. The van der Waals surface area contributed by atoms with Crippen LogP contribution < -0.4 is 11.3 Å². The number of nitrogens with zero attached hydrogens (tertiary/aromatic N) is 1. The van der Waals surface area contributed by atoms with E-state index in [2.05, 4.69) is 26.3 Å². The number of hydrogen-bond acceptors (Lipinski definition) is 3. The van der Waals surface area contributed by atoms with Gasteiger partial charge in [0.2, 0.25) is 0 Å². The van der Waals surface area contributed by atoms with Crippen molar-refractivity contribution in [2.24, 2.45) is 10.8 Å². The molecule has 0 aliphatic rings. The predicted octanol–water partition coefficient (Wildman–Crippen LogP) is 1.66. The SMILES string of the molecule is CN=C(NN)c1cc(C)c(Br)s1. The van der Waals surface area contributed by atoms with E-state index in [0.717, 1.165) is 8.66 Å². The highest BCUT2D eigenvalue weighted by atomic mass is 79.9. The van der Waals surface area contributed by atoms with Gasteiger partial charge in [-0.15, -0.1) is 11.3 Å². The minimum absolute atomic E-state index is 0.716. The lowest BCUT2D eigenvalue weighted by molar-refractivity contribution is 1.02. The van der Waals surface area contributed by atoms with Gasteiger partial charge in [0.1, 0.15) is 0 Å². The Labute approximate surface area is 83.8 Å². The second kappa shape index (κ2) is 4.02. The number of aliphatic imine (C=N–C) groups is 1. The molecule has 0 aromatic carbocycles. The Balaban J connectivity index is 3.03. The Morgan fingerprint density at radius 2 is 2.42 bits per heavy atom. The van der Waals surface area contributed by atoms with Crippen LogP contribution in [0.2, 0.25) is 0 Å². The molecule has 0 atom stereocenters. The third-order valence-electron chi connectivity index (χ3n) is 1.45. The van der Waals surface area contributed by atoms with E-state index in [1.54, 1.807) is 18.4 Å².